The SMILES string of the molecule is CC(C)=C[Si](C)(C1c2ccccc2-c2ccccc21)C1c2ccccc2-c2ccccc21.[Ti]. The van der Waals surface area contributed by atoms with Crippen molar-refractivity contribution >= 4 is 8.07 Å². The number of hydrogen-bond donors (Lipinski definition) is 0. The van der Waals surface area contributed by atoms with Crippen LogP contribution in [0.2, 0.25) is 6.55 Å². The molecule has 4 aromatic rings. The molecule has 0 atom stereocenters. The van der Waals surface area contributed by atoms with Gasteiger partial charge >= 0.3 is 0 Å². The van der Waals surface area contributed by atoms with E-state index in [0.717, 1.165) is 0 Å². The van der Waals surface area contributed by atoms with Crippen molar-refractivity contribution in [1.82, 2.24) is 0 Å². The third-order valence-corrected chi connectivity index (χ3v) is 12.4. The van der Waals surface area contributed by atoms with Gasteiger partial charge in [-0.05, 0) is 58.4 Å². The summed E-state index contributed by atoms with van der Waals surface area (Å²) in [6.07, 6.45) is 0. The van der Waals surface area contributed by atoms with Gasteiger partial charge in [0.05, 0.1) is 8.07 Å². The molecule has 6 rings (SSSR count). The summed E-state index contributed by atoms with van der Waals surface area (Å²) < 4.78 is 0. The summed E-state index contributed by atoms with van der Waals surface area (Å²) in [6.45, 7) is 7.20. The molecule has 0 N–H and O–H groups in total. The Hall–Kier alpha value is -2.45. The molecule has 160 valence electrons. The number of hydrogen-bond acceptors (Lipinski definition) is 0. The second-order valence-electron chi connectivity index (χ2n) is 9.80. The molecule has 0 aromatic heterocycles. The van der Waals surface area contributed by atoms with Gasteiger partial charge in [0.1, 0.15) is 0 Å². The molecule has 0 amide bonds. The van der Waals surface area contributed by atoms with Crippen LogP contribution in [-0.2, 0) is 21.7 Å². The zero-order valence-corrected chi connectivity index (χ0v) is 22.0. The molecule has 0 radical (unpaired) electrons. The van der Waals surface area contributed by atoms with Gasteiger partial charge in [0, 0.05) is 32.8 Å². The molecule has 0 unspecified atom stereocenters. The average molecular weight is 477 g/mol. The molecule has 0 saturated heterocycles. The molecule has 0 heterocycles. The van der Waals surface area contributed by atoms with E-state index in [4.69, 9.17) is 0 Å². The summed E-state index contributed by atoms with van der Waals surface area (Å²) >= 11 is 0. The van der Waals surface area contributed by atoms with E-state index in [-0.39, 0.29) is 21.7 Å². The first-order chi connectivity index (χ1) is 15.6. The molecule has 0 spiro atoms. The Bertz CT molecular complexity index is 1190. The fourth-order valence-corrected chi connectivity index (χ4v) is 12.2. The first-order valence-electron chi connectivity index (χ1n) is 11.6. The van der Waals surface area contributed by atoms with E-state index in [1.807, 2.05) is 0 Å². The quantitative estimate of drug-likeness (QED) is 0.261. The summed E-state index contributed by atoms with van der Waals surface area (Å²) in [7, 11) is -2.11. The first kappa shape index (κ1) is 22.3. The first-order valence-corrected chi connectivity index (χ1v) is 14.4. The van der Waals surface area contributed by atoms with Crippen molar-refractivity contribution in [3.8, 4) is 22.3 Å². The van der Waals surface area contributed by atoms with E-state index in [1.165, 1.54) is 50.1 Å². The van der Waals surface area contributed by atoms with Crippen LogP contribution < -0.4 is 0 Å². The van der Waals surface area contributed by atoms with E-state index >= 15 is 0 Å². The van der Waals surface area contributed by atoms with Crippen molar-refractivity contribution in [2.45, 2.75) is 31.5 Å². The second kappa shape index (κ2) is 8.40. The fourth-order valence-electron chi connectivity index (χ4n) is 6.61. The van der Waals surface area contributed by atoms with Crippen molar-refractivity contribution in [1.29, 1.82) is 0 Å². The molecule has 0 bridgehead atoms. The Kier molecular flexibility index (Phi) is 5.69. The average Bonchev–Trinajstić information content (AvgIpc) is 3.32. The van der Waals surface area contributed by atoms with Crippen molar-refractivity contribution in [2.75, 3.05) is 0 Å². The van der Waals surface area contributed by atoms with Gasteiger partial charge in [-0.15, -0.1) is 0 Å². The Morgan fingerprint density at radius 2 is 0.818 bits per heavy atom. The molecule has 33 heavy (non-hydrogen) atoms. The van der Waals surface area contributed by atoms with Gasteiger partial charge in [-0.25, -0.2) is 0 Å². The van der Waals surface area contributed by atoms with Gasteiger partial charge in [0.25, 0.3) is 0 Å². The van der Waals surface area contributed by atoms with Crippen molar-refractivity contribution in [3.05, 3.63) is 131 Å². The number of allylic oxidation sites excluding steroid dienone is 1. The Labute approximate surface area is 213 Å². The molecule has 2 heteroatoms. The van der Waals surface area contributed by atoms with Crippen LogP contribution >= 0.6 is 0 Å². The Morgan fingerprint density at radius 3 is 1.09 bits per heavy atom. The van der Waals surface area contributed by atoms with Gasteiger partial charge < -0.3 is 0 Å². The predicted octanol–water partition coefficient (Wildman–Crippen LogP) is 8.27. The molecule has 0 fully saturated rings. The summed E-state index contributed by atoms with van der Waals surface area (Å²) in [4.78, 5) is 0. The molecule has 0 saturated carbocycles. The molecule has 0 aliphatic heterocycles. The second-order valence-corrected chi connectivity index (χ2v) is 14.0. The van der Waals surface area contributed by atoms with Gasteiger partial charge in [0.15, 0.2) is 0 Å². The minimum Gasteiger partial charge on any atom is -0.0941 e. The van der Waals surface area contributed by atoms with Crippen LogP contribution in [0.15, 0.2) is 108 Å². The fraction of sp³-hybridized carbons (Fsp3) is 0.161. The Morgan fingerprint density at radius 1 is 0.545 bits per heavy atom. The summed E-state index contributed by atoms with van der Waals surface area (Å²) in [5.41, 5.74) is 16.8. The molecule has 4 aromatic carbocycles. The van der Waals surface area contributed by atoms with Crippen molar-refractivity contribution in [3.63, 3.8) is 0 Å². The molecule has 0 nitrogen and oxygen atoms in total. The number of benzene rings is 4. The van der Waals surface area contributed by atoms with Crippen molar-refractivity contribution < 1.29 is 21.7 Å². The molecule has 2 aliphatic carbocycles. The maximum absolute atomic E-state index is 2.69. The summed E-state index contributed by atoms with van der Waals surface area (Å²) in [5.74, 6) is 0. The Balaban J connectivity index is 0.00000228. The molecular formula is C31H28SiTi. The normalized spacial score (nSPS) is 14.0. The van der Waals surface area contributed by atoms with E-state index in [9.17, 15) is 0 Å². The van der Waals surface area contributed by atoms with Crippen molar-refractivity contribution in [2.24, 2.45) is 0 Å². The van der Waals surface area contributed by atoms with E-state index in [0.29, 0.717) is 11.1 Å². The number of fused-ring (bicyclic) bond motifs is 6. The van der Waals surface area contributed by atoms with E-state index in [1.54, 1.807) is 0 Å². The van der Waals surface area contributed by atoms with Crippen LogP contribution in [-0.4, -0.2) is 8.07 Å². The number of rotatable bonds is 3. The standard InChI is InChI=1S/C31H28Si.Ti/c1-21(2)20-32(3,30-26-16-8-4-12-22(26)23-13-5-9-17-27(23)30)31-28-18-10-6-14-24(28)25-15-7-11-19-29(25)31;/h4-20,30-31H,1-3H3;. The minimum absolute atomic E-state index is 0. The summed E-state index contributed by atoms with van der Waals surface area (Å²) in [6, 6.07) is 36.5. The third kappa shape index (κ3) is 3.29. The van der Waals surface area contributed by atoms with Gasteiger partial charge in [-0.1, -0.05) is 115 Å². The van der Waals surface area contributed by atoms with Gasteiger partial charge in [-0.3, -0.25) is 0 Å². The third-order valence-electron chi connectivity index (χ3n) is 7.51. The van der Waals surface area contributed by atoms with Crippen LogP contribution in [0.3, 0.4) is 0 Å². The van der Waals surface area contributed by atoms with E-state index < -0.39 is 8.07 Å². The maximum Gasteiger partial charge on any atom is 0.0988 e. The monoisotopic (exact) mass is 476 g/mol. The zero-order chi connectivity index (χ0) is 21.9. The van der Waals surface area contributed by atoms with Crippen LogP contribution in [0.5, 0.6) is 0 Å². The minimum atomic E-state index is -2.11. The maximum atomic E-state index is 2.69. The van der Waals surface area contributed by atoms with Gasteiger partial charge in [0.2, 0.25) is 0 Å². The largest absolute Gasteiger partial charge is 0.0988 e. The molecule has 2 aliphatic rings. The van der Waals surface area contributed by atoms with E-state index in [2.05, 4.69) is 123 Å². The smallest absolute Gasteiger partial charge is 0.0941 e. The molecular weight excluding hydrogens is 448 g/mol. The topological polar surface area (TPSA) is 0 Å². The summed E-state index contributed by atoms with van der Waals surface area (Å²) in [5, 5.41) is 0. The van der Waals surface area contributed by atoms with Crippen LogP contribution in [0.25, 0.3) is 22.3 Å². The van der Waals surface area contributed by atoms with Crippen LogP contribution in [0.4, 0.5) is 0 Å². The predicted molar refractivity (Wildman–Crippen MR) is 138 cm³/mol. The van der Waals surface area contributed by atoms with Crippen LogP contribution in [0.1, 0.15) is 47.2 Å². The van der Waals surface area contributed by atoms with Crippen LogP contribution in [0, 0.1) is 0 Å². The zero-order valence-electron chi connectivity index (χ0n) is 19.5. The van der Waals surface area contributed by atoms with Gasteiger partial charge in [-0.2, -0.15) is 0 Å².